The molecule has 0 aromatic heterocycles. The monoisotopic (exact) mass is 360 g/mol. The first-order chi connectivity index (χ1) is 11.4. The van der Waals surface area contributed by atoms with Crippen LogP contribution in [0, 0.1) is 0 Å². The van der Waals surface area contributed by atoms with E-state index in [1.165, 1.54) is 0 Å². The lowest BCUT2D eigenvalue weighted by Gasteiger charge is -2.28. The molecular formula is C22H29ClO2. The van der Waals surface area contributed by atoms with Crippen molar-refractivity contribution in [3.05, 3.63) is 51.6 Å². The highest BCUT2D eigenvalue weighted by Crippen LogP contribution is 2.40. The predicted molar refractivity (Wildman–Crippen MR) is 105 cm³/mol. The molecule has 0 spiro atoms. The zero-order valence-corrected chi connectivity index (χ0v) is 16.9. The van der Waals surface area contributed by atoms with Crippen molar-refractivity contribution < 1.29 is 9.90 Å². The Kier molecular flexibility index (Phi) is 5.53. The summed E-state index contributed by atoms with van der Waals surface area (Å²) in [5.41, 5.74) is 3.34. The van der Waals surface area contributed by atoms with Crippen molar-refractivity contribution >= 4 is 17.4 Å². The second kappa shape index (κ2) is 6.99. The number of carbonyl (C=O) groups is 1. The molecule has 3 heteroatoms. The Bertz CT molecular complexity index is 705. The van der Waals surface area contributed by atoms with Crippen LogP contribution in [0.2, 0.25) is 0 Å². The minimum atomic E-state index is -0.161. The van der Waals surface area contributed by atoms with E-state index >= 15 is 0 Å². The molecule has 0 saturated heterocycles. The molecule has 0 heterocycles. The molecular weight excluding hydrogens is 332 g/mol. The lowest BCUT2D eigenvalue weighted by atomic mass is 9.78. The summed E-state index contributed by atoms with van der Waals surface area (Å²) in [5.74, 6) is 0.485. The van der Waals surface area contributed by atoms with Gasteiger partial charge in [-0.1, -0.05) is 71.4 Å². The van der Waals surface area contributed by atoms with Crippen molar-refractivity contribution in [1.82, 2.24) is 0 Å². The van der Waals surface area contributed by atoms with Crippen molar-refractivity contribution in [3.63, 3.8) is 0 Å². The SMILES string of the molecule is CC(C)(C)c1cc(CCC(=O)C2=C(Cl)C=CC2)cc(C(C)(C)C)c1O. The van der Waals surface area contributed by atoms with E-state index in [-0.39, 0.29) is 16.6 Å². The molecule has 0 unspecified atom stereocenters. The topological polar surface area (TPSA) is 37.3 Å². The van der Waals surface area contributed by atoms with Crippen LogP contribution in [-0.2, 0) is 22.0 Å². The molecule has 0 saturated carbocycles. The molecule has 2 nitrogen and oxygen atoms in total. The molecule has 1 aromatic carbocycles. The van der Waals surface area contributed by atoms with Gasteiger partial charge in [0.05, 0.1) is 0 Å². The van der Waals surface area contributed by atoms with E-state index in [0.29, 0.717) is 35.6 Å². The zero-order chi connectivity index (χ0) is 19.0. The molecule has 136 valence electrons. The van der Waals surface area contributed by atoms with E-state index < -0.39 is 0 Å². The van der Waals surface area contributed by atoms with Gasteiger partial charge < -0.3 is 5.11 Å². The van der Waals surface area contributed by atoms with Gasteiger partial charge in [-0.05, 0) is 46.4 Å². The Morgan fingerprint density at radius 3 is 2.00 bits per heavy atom. The summed E-state index contributed by atoms with van der Waals surface area (Å²) in [4.78, 5) is 12.4. The van der Waals surface area contributed by atoms with Crippen LogP contribution in [0.25, 0.3) is 0 Å². The Labute approximate surface area is 156 Å². The zero-order valence-electron chi connectivity index (χ0n) is 16.2. The minimum absolute atomic E-state index is 0.109. The number of hydrogen-bond acceptors (Lipinski definition) is 2. The Morgan fingerprint density at radius 1 is 1.08 bits per heavy atom. The third kappa shape index (κ3) is 4.55. The van der Waals surface area contributed by atoms with Gasteiger partial charge in [0.1, 0.15) is 5.75 Å². The van der Waals surface area contributed by atoms with Crippen LogP contribution >= 0.6 is 11.6 Å². The molecule has 1 N–H and O–H groups in total. The van der Waals surface area contributed by atoms with Gasteiger partial charge in [0.2, 0.25) is 0 Å². The van der Waals surface area contributed by atoms with E-state index in [2.05, 4.69) is 41.5 Å². The molecule has 0 fully saturated rings. The van der Waals surface area contributed by atoms with E-state index in [4.69, 9.17) is 11.6 Å². The number of aryl methyl sites for hydroxylation is 1. The number of aromatic hydroxyl groups is 1. The maximum atomic E-state index is 12.4. The van der Waals surface area contributed by atoms with Gasteiger partial charge in [-0.3, -0.25) is 4.79 Å². The third-order valence-electron chi connectivity index (χ3n) is 4.64. The quantitative estimate of drug-likeness (QED) is 0.721. The summed E-state index contributed by atoms with van der Waals surface area (Å²) >= 11 is 6.08. The summed E-state index contributed by atoms with van der Waals surface area (Å²) in [6.45, 7) is 12.6. The van der Waals surface area contributed by atoms with Gasteiger partial charge in [-0.25, -0.2) is 0 Å². The van der Waals surface area contributed by atoms with Gasteiger partial charge in [0, 0.05) is 17.0 Å². The van der Waals surface area contributed by atoms with Crippen LogP contribution in [-0.4, -0.2) is 10.9 Å². The Hall–Kier alpha value is -1.54. The van der Waals surface area contributed by atoms with Crippen LogP contribution in [0.3, 0.4) is 0 Å². The number of phenols is 1. The fourth-order valence-electron chi connectivity index (χ4n) is 3.12. The van der Waals surface area contributed by atoms with Crippen molar-refractivity contribution in [2.45, 2.75) is 71.6 Å². The molecule has 1 aromatic rings. The van der Waals surface area contributed by atoms with E-state index in [9.17, 15) is 9.90 Å². The first-order valence-corrected chi connectivity index (χ1v) is 9.24. The van der Waals surface area contributed by atoms with Gasteiger partial charge in [-0.2, -0.15) is 0 Å². The summed E-state index contributed by atoms with van der Waals surface area (Å²) in [6.07, 6.45) is 5.44. The summed E-state index contributed by atoms with van der Waals surface area (Å²) in [5, 5.41) is 11.3. The second-order valence-corrected chi connectivity index (χ2v) is 9.30. The maximum Gasteiger partial charge on any atom is 0.160 e. The van der Waals surface area contributed by atoms with Crippen LogP contribution in [0.5, 0.6) is 5.75 Å². The molecule has 0 aliphatic heterocycles. The average molecular weight is 361 g/mol. The van der Waals surface area contributed by atoms with Crippen molar-refractivity contribution in [3.8, 4) is 5.75 Å². The molecule has 1 aliphatic carbocycles. The van der Waals surface area contributed by atoms with Crippen molar-refractivity contribution in [1.29, 1.82) is 0 Å². The highest BCUT2D eigenvalue weighted by atomic mass is 35.5. The number of halogens is 1. The van der Waals surface area contributed by atoms with Gasteiger partial charge >= 0.3 is 0 Å². The van der Waals surface area contributed by atoms with Crippen LogP contribution in [0.4, 0.5) is 0 Å². The molecule has 0 amide bonds. The lowest BCUT2D eigenvalue weighted by molar-refractivity contribution is -0.115. The molecule has 25 heavy (non-hydrogen) atoms. The standard InChI is InChI=1S/C22H29ClO2/c1-21(2,3)16-12-14(13-17(20(16)25)22(4,5)6)10-11-19(24)15-8-7-9-18(15)23/h7,9,12-13,25H,8,10-11H2,1-6H3. The normalized spacial score (nSPS) is 15.2. The molecule has 2 rings (SSSR count). The summed E-state index contributed by atoms with van der Waals surface area (Å²) in [6, 6.07) is 4.08. The molecule has 0 bridgehead atoms. The van der Waals surface area contributed by atoms with Gasteiger partial charge in [0.25, 0.3) is 0 Å². The largest absolute Gasteiger partial charge is 0.507 e. The fourth-order valence-corrected chi connectivity index (χ4v) is 3.39. The Morgan fingerprint density at radius 2 is 1.60 bits per heavy atom. The van der Waals surface area contributed by atoms with E-state index in [0.717, 1.165) is 16.7 Å². The number of phenolic OH excluding ortho intramolecular Hbond substituents is 1. The minimum Gasteiger partial charge on any atom is -0.507 e. The summed E-state index contributed by atoms with van der Waals surface area (Å²) < 4.78 is 0. The van der Waals surface area contributed by atoms with Crippen LogP contribution in [0.15, 0.2) is 34.9 Å². The van der Waals surface area contributed by atoms with Gasteiger partial charge in [-0.15, -0.1) is 0 Å². The first-order valence-electron chi connectivity index (χ1n) is 8.86. The first kappa shape index (κ1) is 19.8. The van der Waals surface area contributed by atoms with Crippen molar-refractivity contribution in [2.24, 2.45) is 0 Å². The summed E-state index contributed by atoms with van der Waals surface area (Å²) in [7, 11) is 0. The number of benzene rings is 1. The number of carbonyl (C=O) groups excluding carboxylic acids is 1. The Balaban J connectivity index is 2.32. The third-order valence-corrected chi connectivity index (χ3v) is 4.99. The molecule has 0 atom stereocenters. The van der Waals surface area contributed by atoms with Crippen LogP contribution in [0.1, 0.15) is 71.1 Å². The average Bonchev–Trinajstić information content (AvgIpc) is 2.89. The number of allylic oxidation sites excluding steroid dienone is 4. The van der Waals surface area contributed by atoms with Crippen LogP contribution < -0.4 is 0 Å². The number of ketones is 1. The van der Waals surface area contributed by atoms with E-state index in [1.54, 1.807) is 6.08 Å². The van der Waals surface area contributed by atoms with E-state index in [1.807, 2.05) is 18.2 Å². The fraction of sp³-hybridized carbons (Fsp3) is 0.500. The number of hydrogen-bond donors (Lipinski definition) is 1. The lowest BCUT2D eigenvalue weighted by Crippen LogP contribution is -2.18. The maximum absolute atomic E-state index is 12.4. The predicted octanol–water partition coefficient (Wildman–Crippen LogP) is 5.94. The second-order valence-electron chi connectivity index (χ2n) is 8.90. The highest BCUT2D eigenvalue weighted by Gasteiger charge is 2.26. The molecule has 0 radical (unpaired) electrons. The molecule has 1 aliphatic rings. The van der Waals surface area contributed by atoms with Gasteiger partial charge in [0.15, 0.2) is 5.78 Å². The smallest absolute Gasteiger partial charge is 0.160 e. The number of Topliss-reactive ketones (excluding diaryl/α,β-unsaturated/α-hetero) is 1. The highest BCUT2D eigenvalue weighted by molar-refractivity contribution is 6.34. The van der Waals surface area contributed by atoms with Crippen molar-refractivity contribution in [2.75, 3.05) is 0 Å². The number of rotatable bonds is 4.